The van der Waals surface area contributed by atoms with E-state index in [0.717, 1.165) is 13.1 Å². The van der Waals surface area contributed by atoms with Gasteiger partial charge in [-0.15, -0.1) is 11.3 Å². The molecule has 0 aromatic carbocycles. The second kappa shape index (κ2) is 6.78. The molecule has 0 saturated carbocycles. The van der Waals surface area contributed by atoms with Gasteiger partial charge in [-0.05, 0) is 36.4 Å². The Morgan fingerprint density at radius 2 is 2.14 bits per heavy atom. The molecule has 0 aliphatic carbocycles. The van der Waals surface area contributed by atoms with Crippen LogP contribution in [0.1, 0.15) is 49.9 Å². The van der Waals surface area contributed by atoms with Crippen LogP contribution in [-0.4, -0.2) is 37.7 Å². The van der Waals surface area contributed by atoms with Gasteiger partial charge in [0.1, 0.15) is 0 Å². The lowest BCUT2D eigenvalue weighted by Gasteiger charge is -2.40. The minimum Gasteiger partial charge on any atom is -0.380 e. The first-order chi connectivity index (χ1) is 9.86. The maximum atomic E-state index is 6.10. The molecule has 0 spiro atoms. The molecule has 1 aromatic heterocycles. The number of ether oxygens (including phenoxy) is 1. The molecule has 0 radical (unpaired) electrons. The molecule has 1 aliphatic heterocycles. The van der Waals surface area contributed by atoms with Crippen molar-refractivity contribution in [3.63, 3.8) is 0 Å². The number of thiophene rings is 1. The molecular weight excluding hydrogens is 280 g/mol. The maximum absolute atomic E-state index is 6.10. The highest BCUT2D eigenvalue weighted by Gasteiger charge is 2.31. The third kappa shape index (κ3) is 3.86. The highest BCUT2D eigenvalue weighted by Crippen LogP contribution is 2.35. The van der Waals surface area contributed by atoms with Crippen LogP contribution in [0.5, 0.6) is 0 Å². The summed E-state index contributed by atoms with van der Waals surface area (Å²) in [5, 5.41) is 0. The minimum atomic E-state index is 0.216. The van der Waals surface area contributed by atoms with Crippen LogP contribution < -0.4 is 5.73 Å². The lowest BCUT2D eigenvalue weighted by Crippen LogP contribution is -2.46. The smallest absolute Gasteiger partial charge is 0.0724 e. The number of hydrogen-bond donors (Lipinski definition) is 1. The summed E-state index contributed by atoms with van der Waals surface area (Å²) in [6.07, 6.45) is 1.52. The van der Waals surface area contributed by atoms with E-state index in [1.54, 1.807) is 0 Å². The van der Waals surface area contributed by atoms with Crippen molar-refractivity contribution in [1.82, 2.24) is 4.90 Å². The van der Waals surface area contributed by atoms with Crippen molar-refractivity contribution in [3.8, 4) is 0 Å². The number of nitrogens with zero attached hydrogens (tertiary/aromatic N) is 1. The predicted molar refractivity (Wildman–Crippen MR) is 91.0 cm³/mol. The van der Waals surface area contributed by atoms with E-state index < -0.39 is 0 Å². The molecule has 3 unspecified atom stereocenters. The molecule has 2 N–H and O–H groups in total. The quantitative estimate of drug-likeness (QED) is 0.926. The van der Waals surface area contributed by atoms with Crippen LogP contribution in [0.4, 0.5) is 0 Å². The topological polar surface area (TPSA) is 38.5 Å². The Bertz CT molecular complexity index is 452. The Morgan fingerprint density at radius 3 is 2.67 bits per heavy atom. The second-order valence-electron chi connectivity index (χ2n) is 7.24. The molecule has 1 fully saturated rings. The maximum Gasteiger partial charge on any atom is 0.0724 e. The van der Waals surface area contributed by atoms with Gasteiger partial charge in [-0.1, -0.05) is 27.7 Å². The summed E-state index contributed by atoms with van der Waals surface area (Å²) in [4.78, 5) is 5.34. The first-order valence-electron chi connectivity index (χ1n) is 7.94. The lowest BCUT2D eigenvalue weighted by molar-refractivity contribution is -0.0178. The Kier molecular flexibility index (Phi) is 5.47. The van der Waals surface area contributed by atoms with Crippen molar-refractivity contribution in [2.75, 3.05) is 26.7 Å². The van der Waals surface area contributed by atoms with E-state index in [4.69, 9.17) is 10.5 Å². The van der Waals surface area contributed by atoms with E-state index in [2.05, 4.69) is 44.7 Å². The van der Waals surface area contributed by atoms with Crippen LogP contribution >= 0.6 is 11.3 Å². The van der Waals surface area contributed by atoms with Gasteiger partial charge in [0.15, 0.2) is 0 Å². The van der Waals surface area contributed by atoms with Crippen molar-refractivity contribution >= 4 is 11.3 Å². The number of piperidine rings is 1. The average molecular weight is 311 g/mol. The van der Waals surface area contributed by atoms with E-state index in [1.807, 2.05) is 18.4 Å². The van der Waals surface area contributed by atoms with Gasteiger partial charge < -0.3 is 10.5 Å². The first kappa shape index (κ1) is 16.9. The number of methoxy groups -OCH3 is 1. The Labute approximate surface area is 133 Å². The van der Waals surface area contributed by atoms with Crippen molar-refractivity contribution in [2.24, 2.45) is 11.7 Å². The molecule has 4 heteroatoms. The number of hydrogen-bond acceptors (Lipinski definition) is 4. The fourth-order valence-corrected chi connectivity index (χ4v) is 4.24. The zero-order valence-electron chi connectivity index (χ0n) is 14.1. The summed E-state index contributed by atoms with van der Waals surface area (Å²) in [6, 6.07) is 4.86. The standard InChI is InChI=1S/C17H30N2OS/c1-12-8-9-19(11-14(12)20-5)13(10-18)15-6-7-16(21-15)17(2,3)4/h6-7,12-14H,8-11,18H2,1-5H3. The molecule has 1 aliphatic rings. The summed E-state index contributed by atoms with van der Waals surface area (Å²) >= 11 is 1.91. The normalized spacial score (nSPS) is 26.0. The van der Waals surface area contributed by atoms with E-state index in [9.17, 15) is 0 Å². The van der Waals surface area contributed by atoms with Gasteiger partial charge in [0.2, 0.25) is 0 Å². The molecule has 0 bridgehead atoms. The predicted octanol–water partition coefficient (Wildman–Crippen LogP) is 3.40. The van der Waals surface area contributed by atoms with Gasteiger partial charge in [0.25, 0.3) is 0 Å². The zero-order valence-corrected chi connectivity index (χ0v) is 14.9. The highest BCUT2D eigenvalue weighted by molar-refractivity contribution is 7.12. The van der Waals surface area contributed by atoms with E-state index in [-0.39, 0.29) is 5.41 Å². The van der Waals surface area contributed by atoms with Gasteiger partial charge in [-0.25, -0.2) is 0 Å². The summed E-state index contributed by atoms with van der Waals surface area (Å²) in [5.74, 6) is 0.637. The van der Waals surface area contributed by atoms with Crippen LogP contribution in [0.25, 0.3) is 0 Å². The Balaban J connectivity index is 2.14. The number of nitrogens with two attached hydrogens (primary N) is 1. The number of rotatable bonds is 4. The Morgan fingerprint density at radius 1 is 1.43 bits per heavy atom. The monoisotopic (exact) mass is 310 g/mol. The fraction of sp³-hybridized carbons (Fsp3) is 0.765. The highest BCUT2D eigenvalue weighted by atomic mass is 32.1. The summed E-state index contributed by atoms with van der Waals surface area (Å²) in [7, 11) is 1.82. The van der Waals surface area contributed by atoms with E-state index in [0.29, 0.717) is 24.6 Å². The van der Waals surface area contributed by atoms with Crippen molar-refractivity contribution in [1.29, 1.82) is 0 Å². The van der Waals surface area contributed by atoms with Crippen LogP contribution in [0.15, 0.2) is 12.1 Å². The van der Waals surface area contributed by atoms with E-state index >= 15 is 0 Å². The van der Waals surface area contributed by atoms with Crippen molar-refractivity contribution in [3.05, 3.63) is 21.9 Å². The summed E-state index contributed by atoms with van der Waals surface area (Å²) < 4.78 is 5.64. The third-order valence-corrected chi connectivity index (χ3v) is 6.19. The molecule has 2 heterocycles. The van der Waals surface area contributed by atoms with Gasteiger partial charge in [-0.2, -0.15) is 0 Å². The molecule has 2 rings (SSSR count). The molecule has 3 nitrogen and oxygen atoms in total. The van der Waals surface area contributed by atoms with Gasteiger partial charge >= 0.3 is 0 Å². The first-order valence-corrected chi connectivity index (χ1v) is 8.75. The van der Waals surface area contributed by atoms with Crippen LogP contribution in [0.3, 0.4) is 0 Å². The second-order valence-corrected chi connectivity index (χ2v) is 8.35. The van der Waals surface area contributed by atoms with Gasteiger partial charge in [0, 0.05) is 30.0 Å². The summed E-state index contributed by atoms with van der Waals surface area (Å²) in [6.45, 7) is 11.9. The lowest BCUT2D eigenvalue weighted by atomic mass is 9.94. The Hall–Kier alpha value is -0.420. The van der Waals surface area contributed by atoms with Crippen LogP contribution in [0, 0.1) is 5.92 Å². The SMILES string of the molecule is COC1CN(C(CN)c2ccc(C(C)(C)C)s2)CCC1C. The molecule has 1 saturated heterocycles. The van der Waals surface area contributed by atoms with Crippen molar-refractivity contribution < 1.29 is 4.74 Å². The molecule has 0 amide bonds. The molecule has 1 aromatic rings. The largest absolute Gasteiger partial charge is 0.380 e. The van der Waals surface area contributed by atoms with E-state index in [1.165, 1.54) is 16.2 Å². The molecule has 120 valence electrons. The van der Waals surface area contributed by atoms with Crippen LogP contribution in [-0.2, 0) is 10.2 Å². The molecular formula is C17H30N2OS. The number of likely N-dealkylation sites (tertiary alicyclic amines) is 1. The third-order valence-electron chi connectivity index (χ3n) is 4.58. The molecule has 21 heavy (non-hydrogen) atoms. The zero-order chi connectivity index (χ0) is 15.6. The molecule has 3 atom stereocenters. The van der Waals surface area contributed by atoms with Crippen LogP contribution in [0.2, 0.25) is 0 Å². The van der Waals surface area contributed by atoms with Gasteiger partial charge in [-0.3, -0.25) is 4.90 Å². The minimum absolute atomic E-state index is 0.216. The van der Waals surface area contributed by atoms with Crippen molar-refractivity contribution in [2.45, 2.75) is 51.7 Å². The van der Waals surface area contributed by atoms with Gasteiger partial charge in [0.05, 0.1) is 12.1 Å². The fourth-order valence-electron chi connectivity index (χ4n) is 3.03. The summed E-state index contributed by atoms with van der Waals surface area (Å²) in [5.41, 5.74) is 6.32. The average Bonchev–Trinajstić information content (AvgIpc) is 2.91.